The summed E-state index contributed by atoms with van der Waals surface area (Å²) in [5, 5.41) is 2.39. The SMILES string of the molecule is Cc1cccc(N(c2ccccc2)c2ccc3c4ccc(N(C)c5ccc(F)cc5)cc4n(C)c3c2)n1. The normalized spacial score (nSPS) is 11.2. The van der Waals surface area contributed by atoms with Crippen LogP contribution in [-0.2, 0) is 7.05 Å². The summed E-state index contributed by atoms with van der Waals surface area (Å²) in [7, 11) is 4.11. The third kappa shape index (κ3) is 4.08. The van der Waals surface area contributed by atoms with E-state index in [0.717, 1.165) is 45.3 Å². The van der Waals surface area contributed by atoms with Gasteiger partial charge in [0.15, 0.2) is 0 Å². The second-order valence-corrected chi connectivity index (χ2v) is 9.31. The summed E-state index contributed by atoms with van der Waals surface area (Å²) in [5.74, 6) is 0.648. The van der Waals surface area contributed by atoms with E-state index < -0.39 is 0 Å². The summed E-state index contributed by atoms with van der Waals surface area (Å²) >= 11 is 0. The Hall–Kier alpha value is -4.64. The van der Waals surface area contributed by atoms with Crippen LogP contribution in [0.1, 0.15) is 5.69 Å². The van der Waals surface area contributed by atoms with Crippen molar-refractivity contribution < 1.29 is 4.39 Å². The van der Waals surface area contributed by atoms with Crippen LogP contribution in [-0.4, -0.2) is 16.6 Å². The number of pyridine rings is 1. The number of para-hydroxylation sites is 1. The number of aryl methyl sites for hydroxylation is 2. The number of aromatic nitrogens is 2. The van der Waals surface area contributed by atoms with Gasteiger partial charge < -0.3 is 9.47 Å². The molecule has 0 unspecified atom stereocenters. The molecule has 0 radical (unpaired) electrons. The van der Waals surface area contributed by atoms with E-state index in [4.69, 9.17) is 4.98 Å². The van der Waals surface area contributed by atoms with Gasteiger partial charge in [-0.15, -0.1) is 0 Å². The van der Waals surface area contributed by atoms with Crippen LogP contribution in [0.2, 0.25) is 0 Å². The van der Waals surface area contributed by atoms with Gasteiger partial charge in [-0.05, 0) is 79.7 Å². The summed E-state index contributed by atoms with van der Waals surface area (Å²) in [4.78, 5) is 9.09. The summed E-state index contributed by atoms with van der Waals surface area (Å²) in [6.07, 6.45) is 0. The molecule has 0 amide bonds. The fourth-order valence-electron chi connectivity index (χ4n) is 4.99. The minimum Gasteiger partial charge on any atom is -0.345 e. The Morgan fingerprint density at radius 3 is 1.95 bits per heavy atom. The van der Waals surface area contributed by atoms with Crippen molar-refractivity contribution in [3.8, 4) is 0 Å². The van der Waals surface area contributed by atoms with E-state index in [2.05, 4.69) is 69.9 Å². The van der Waals surface area contributed by atoms with Crippen molar-refractivity contribution in [1.29, 1.82) is 0 Å². The number of halogens is 1. The van der Waals surface area contributed by atoms with E-state index in [9.17, 15) is 4.39 Å². The largest absolute Gasteiger partial charge is 0.345 e. The minimum absolute atomic E-state index is 0.234. The fourth-order valence-corrected chi connectivity index (χ4v) is 4.99. The maximum atomic E-state index is 13.4. The van der Waals surface area contributed by atoms with E-state index in [1.807, 2.05) is 50.4 Å². The fraction of sp³-hybridized carbons (Fsp3) is 0.0938. The van der Waals surface area contributed by atoms with Crippen molar-refractivity contribution >= 4 is 50.4 Å². The van der Waals surface area contributed by atoms with Crippen LogP contribution in [0, 0.1) is 12.7 Å². The molecule has 0 aliphatic heterocycles. The first-order chi connectivity index (χ1) is 18.0. The third-order valence-corrected chi connectivity index (χ3v) is 6.95. The predicted molar refractivity (Wildman–Crippen MR) is 152 cm³/mol. The average molecular weight is 487 g/mol. The smallest absolute Gasteiger partial charge is 0.137 e. The van der Waals surface area contributed by atoms with Crippen molar-refractivity contribution in [2.24, 2.45) is 7.05 Å². The zero-order valence-corrected chi connectivity index (χ0v) is 21.1. The Morgan fingerprint density at radius 2 is 1.27 bits per heavy atom. The lowest BCUT2D eigenvalue weighted by Crippen LogP contribution is -2.11. The number of anilines is 5. The molecule has 2 aromatic heterocycles. The molecule has 0 aliphatic rings. The van der Waals surface area contributed by atoms with E-state index >= 15 is 0 Å². The molecule has 0 bridgehead atoms. The molecule has 0 N–H and O–H groups in total. The lowest BCUT2D eigenvalue weighted by atomic mass is 10.1. The van der Waals surface area contributed by atoms with Gasteiger partial charge in [0.05, 0.1) is 11.0 Å². The van der Waals surface area contributed by atoms with E-state index in [1.165, 1.54) is 22.9 Å². The highest BCUT2D eigenvalue weighted by molar-refractivity contribution is 6.10. The number of hydrogen-bond acceptors (Lipinski definition) is 3. The molecule has 6 aromatic rings. The van der Waals surface area contributed by atoms with Crippen molar-refractivity contribution in [1.82, 2.24) is 9.55 Å². The van der Waals surface area contributed by atoms with Crippen LogP contribution in [0.4, 0.5) is 33.0 Å². The number of nitrogens with zero attached hydrogens (tertiary/aromatic N) is 4. The Morgan fingerprint density at radius 1 is 0.649 bits per heavy atom. The van der Waals surface area contributed by atoms with Crippen molar-refractivity contribution in [3.05, 3.63) is 121 Å². The molecule has 0 atom stereocenters. The summed E-state index contributed by atoms with van der Waals surface area (Å²) < 4.78 is 15.7. The molecule has 0 saturated heterocycles. The zero-order chi connectivity index (χ0) is 25.5. The maximum absolute atomic E-state index is 13.4. The van der Waals surface area contributed by atoms with Crippen LogP contribution in [0.15, 0.2) is 109 Å². The molecule has 0 saturated carbocycles. The number of fused-ring (bicyclic) bond motifs is 3. The molecule has 0 aliphatic carbocycles. The lowest BCUT2D eigenvalue weighted by molar-refractivity contribution is 0.628. The molecule has 182 valence electrons. The number of rotatable bonds is 5. The molecule has 37 heavy (non-hydrogen) atoms. The second kappa shape index (κ2) is 9.10. The molecule has 4 nitrogen and oxygen atoms in total. The Kier molecular flexibility index (Phi) is 5.61. The van der Waals surface area contributed by atoms with Crippen LogP contribution >= 0.6 is 0 Å². The Balaban J connectivity index is 1.48. The highest BCUT2D eigenvalue weighted by Gasteiger charge is 2.17. The topological polar surface area (TPSA) is 24.3 Å². The Labute approximate surface area is 215 Å². The highest BCUT2D eigenvalue weighted by atomic mass is 19.1. The van der Waals surface area contributed by atoms with Gasteiger partial charge in [0.25, 0.3) is 0 Å². The van der Waals surface area contributed by atoms with Gasteiger partial charge >= 0.3 is 0 Å². The first-order valence-corrected chi connectivity index (χ1v) is 12.3. The van der Waals surface area contributed by atoms with Crippen LogP contribution in [0.25, 0.3) is 21.8 Å². The number of benzene rings is 4. The van der Waals surface area contributed by atoms with Crippen LogP contribution < -0.4 is 9.80 Å². The summed E-state index contributed by atoms with van der Waals surface area (Å²) in [6, 6.07) is 36.1. The second-order valence-electron chi connectivity index (χ2n) is 9.31. The maximum Gasteiger partial charge on any atom is 0.137 e. The molecular formula is C32H27FN4. The summed E-state index contributed by atoms with van der Waals surface area (Å²) in [6.45, 7) is 2.01. The quantitative estimate of drug-likeness (QED) is 0.244. The molecular weight excluding hydrogens is 459 g/mol. The predicted octanol–water partition coefficient (Wildman–Crippen LogP) is 8.41. The highest BCUT2D eigenvalue weighted by Crippen LogP contribution is 2.38. The molecule has 6 rings (SSSR count). The van der Waals surface area contributed by atoms with Crippen molar-refractivity contribution in [2.45, 2.75) is 6.92 Å². The van der Waals surface area contributed by atoms with Crippen molar-refractivity contribution in [2.75, 3.05) is 16.8 Å². The van der Waals surface area contributed by atoms with E-state index in [1.54, 1.807) is 12.1 Å². The van der Waals surface area contributed by atoms with Gasteiger partial charge in [-0.25, -0.2) is 9.37 Å². The minimum atomic E-state index is -0.234. The number of hydrogen-bond donors (Lipinski definition) is 0. The molecule has 0 spiro atoms. The average Bonchev–Trinajstić information content (AvgIpc) is 3.20. The molecule has 4 aromatic carbocycles. The zero-order valence-electron chi connectivity index (χ0n) is 21.1. The Bertz CT molecular complexity index is 1720. The van der Waals surface area contributed by atoms with Crippen molar-refractivity contribution in [3.63, 3.8) is 0 Å². The first-order valence-electron chi connectivity index (χ1n) is 12.3. The third-order valence-electron chi connectivity index (χ3n) is 6.95. The first kappa shape index (κ1) is 22.8. The lowest BCUT2D eigenvalue weighted by Gasteiger charge is -2.24. The monoisotopic (exact) mass is 486 g/mol. The van der Waals surface area contributed by atoms with Gasteiger partial charge in [0.1, 0.15) is 11.6 Å². The van der Waals surface area contributed by atoms with Gasteiger partial charge in [0, 0.05) is 53.3 Å². The summed E-state index contributed by atoms with van der Waals surface area (Å²) in [5.41, 5.74) is 7.34. The van der Waals surface area contributed by atoms with E-state index in [0.29, 0.717) is 0 Å². The van der Waals surface area contributed by atoms with Gasteiger partial charge in [-0.3, -0.25) is 4.90 Å². The van der Waals surface area contributed by atoms with Crippen LogP contribution in [0.3, 0.4) is 0 Å². The van der Waals surface area contributed by atoms with Crippen LogP contribution in [0.5, 0.6) is 0 Å². The van der Waals surface area contributed by atoms with E-state index in [-0.39, 0.29) is 5.82 Å². The molecule has 2 heterocycles. The molecule has 5 heteroatoms. The standard InChI is InChI=1S/C32H27FN4/c1-22-8-7-11-32(34-22)37(25-9-5-4-6-10-25)27-17-19-29-28-18-16-26(20-30(28)36(3)31(29)21-27)35(2)24-14-12-23(33)13-15-24/h4-21H,1-3H3. The van der Waals surface area contributed by atoms with Gasteiger partial charge in [-0.1, -0.05) is 36.4 Å². The van der Waals surface area contributed by atoms with Gasteiger partial charge in [-0.2, -0.15) is 0 Å². The molecule has 0 fully saturated rings. The van der Waals surface area contributed by atoms with Gasteiger partial charge in [0.2, 0.25) is 0 Å².